The Labute approximate surface area is 136 Å². The van der Waals surface area contributed by atoms with Crippen LogP contribution in [0.15, 0.2) is 42.6 Å². The van der Waals surface area contributed by atoms with E-state index < -0.39 is 0 Å². The fraction of sp³-hybridized carbons (Fsp3) is 0.333. The van der Waals surface area contributed by atoms with Crippen molar-refractivity contribution in [3.05, 3.63) is 53.7 Å². The molecule has 1 aromatic carbocycles. The summed E-state index contributed by atoms with van der Waals surface area (Å²) in [4.78, 5) is 18.1. The summed E-state index contributed by atoms with van der Waals surface area (Å²) in [7, 11) is 2.05. The first kappa shape index (κ1) is 17.0. The average Bonchev–Trinajstić information content (AvgIpc) is 2.57. The Balaban J connectivity index is 2.12. The van der Waals surface area contributed by atoms with Gasteiger partial charge < -0.3 is 14.4 Å². The van der Waals surface area contributed by atoms with Gasteiger partial charge in [-0.2, -0.15) is 0 Å². The molecule has 23 heavy (non-hydrogen) atoms. The maximum absolute atomic E-state index is 11.6. The molecule has 0 unspecified atom stereocenters. The van der Waals surface area contributed by atoms with E-state index in [0.29, 0.717) is 23.8 Å². The van der Waals surface area contributed by atoms with Gasteiger partial charge in [-0.1, -0.05) is 13.0 Å². The second-order valence-electron chi connectivity index (χ2n) is 5.14. The second kappa shape index (κ2) is 8.29. The van der Waals surface area contributed by atoms with Crippen molar-refractivity contribution in [1.82, 2.24) is 9.88 Å². The summed E-state index contributed by atoms with van der Waals surface area (Å²) in [6, 6.07) is 10.8. The molecule has 5 nitrogen and oxygen atoms in total. The maximum atomic E-state index is 11.6. The van der Waals surface area contributed by atoms with Crippen molar-refractivity contribution in [1.29, 1.82) is 0 Å². The summed E-state index contributed by atoms with van der Waals surface area (Å²) in [5, 5.41) is 0. The van der Waals surface area contributed by atoms with Crippen molar-refractivity contribution in [2.75, 3.05) is 20.2 Å². The van der Waals surface area contributed by atoms with Gasteiger partial charge in [0.2, 0.25) is 5.88 Å². The number of ether oxygens (including phenoxy) is 2. The summed E-state index contributed by atoms with van der Waals surface area (Å²) in [5.74, 6) is 0.885. The van der Waals surface area contributed by atoms with Crippen LogP contribution in [0.4, 0.5) is 0 Å². The third-order valence-corrected chi connectivity index (χ3v) is 3.41. The monoisotopic (exact) mass is 314 g/mol. The number of rotatable bonds is 7. The number of esters is 1. The van der Waals surface area contributed by atoms with Gasteiger partial charge in [0.25, 0.3) is 0 Å². The number of hydrogen-bond acceptors (Lipinski definition) is 5. The summed E-state index contributed by atoms with van der Waals surface area (Å²) in [6.07, 6.45) is 1.71. The third-order valence-electron chi connectivity index (χ3n) is 3.41. The molecular weight excluding hydrogens is 292 g/mol. The van der Waals surface area contributed by atoms with E-state index in [9.17, 15) is 4.79 Å². The van der Waals surface area contributed by atoms with Crippen molar-refractivity contribution < 1.29 is 14.3 Å². The Hall–Kier alpha value is -2.40. The first-order chi connectivity index (χ1) is 11.1. The Morgan fingerprint density at radius 1 is 1.17 bits per heavy atom. The van der Waals surface area contributed by atoms with E-state index in [1.807, 2.05) is 19.2 Å². The highest BCUT2D eigenvalue weighted by Gasteiger charge is 2.10. The van der Waals surface area contributed by atoms with Gasteiger partial charge in [-0.25, -0.2) is 9.78 Å². The lowest BCUT2D eigenvalue weighted by atomic mass is 10.2. The standard InChI is InChI=1S/C18H22N2O3/c1-4-20(3)13-15-7-6-12-19-17(15)23-16-10-8-14(9-11-16)18(21)22-5-2/h6-12H,4-5,13H2,1-3H3. The van der Waals surface area contributed by atoms with Crippen LogP contribution in [0.2, 0.25) is 0 Å². The van der Waals surface area contributed by atoms with E-state index >= 15 is 0 Å². The van der Waals surface area contributed by atoms with Crippen molar-refractivity contribution in [2.45, 2.75) is 20.4 Å². The van der Waals surface area contributed by atoms with Crippen LogP contribution < -0.4 is 4.74 Å². The van der Waals surface area contributed by atoms with Crippen LogP contribution in [0.5, 0.6) is 11.6 Å². The molecule has 0 amide bonds. The molecule has 0 aliphatic carbocycles. The Bertz CT molecular complexity index is 641. The van der Waals surface area contributed by atoms with Gasteiger partial charge in [0.05, 0.1) is 12.2 Å². The minimum atomic E-state index is -0.331. The van der Waals surface area contributed by atoms with Gasteiger partial charge in [0.1, 0.15) is 5.75 Å². The molecule has 122 valence electrons. The van der Waals surface area contributed by atoms with Gasteiger partial charge in [-0.15, -0.1) is 0 Å². The summed E-state index contributed by atoms with van der Waals surface area (Å²) >= 11 is 0. The molecule has 0 saturated carbocycles. The molecule has 0 fully saturated rings. The maximum Gasteiger partial charge on any atom is 0.338 e. The predicted molar refractivity (Wildman–Crippen MR) is 88.7 cm³/mol. The molecule has 2 aromatic rings. The summed E-state index contributed by atoms with van der Waals surface area (Å²) in [6.45, 7) is 5.96. The third kappa shape index (κ3) is 4.79. The van der Waals surface area contributed by atoms with Crippen LogP contribution in [-0.4, -0.2) is 36.1 Å². The average molecular weight is 314 g/mol. The number of carbonyl (C=O) groups excluding carboxylic acids is 1. The molecule has 5 heteroatoms. The number of nitrogens with zero attached hydrogens (tertiary/aromatic N) is 2. The predicted octanol–water partition coefficient (Wildman–Crippen LogP) is 3.50. The van der Waals surface area contributed by atoms with Gasteiger partial charge in [0, 0.05) is 18.3 Å². The zero-order valence-electron chi connectivity index (χ0n) is 13.8. The van der Waals surface area contributed by atoms with Crippen LogP contribution in [-0.2, 0) is 11.3 Å². The minimum Gasteiger partial charge on any atom is -0.462 e. The van der Waals surface area contributed by atoms with Crippen LogP contribution in [0.25, 0.3) is 0 Å². The highest BCUT2D eigenvalue weighted by molar-refractivity contribution is 5.89. The van der Waals surface area contributed by atoms with E-state index in [4.69, 9.17) is 9.47 Å². The SMILES string of the molecule is CCOC(=O)c1ccc(Oc2ncccc2CN(C)CC)cc1. The first-order valence-electron chi connectivity index (χ1n) is 7.71. The number of carbonyl (C=O) groups is 1. The smallest absolute Gasteiger partial charge is 0.338 e. The van der Waals surface area contributed by atoms with Gasteiger partial charge in [-0.05, 0) is 50.8 Å². The fourth-order valence-electron chi connectivity index (χ4n) is 2.02. The highest BCUT2D eigenvalue weighted by atomic mass is 16.5. The highest BCUT2D eigenvalue weighted by Crippen LogP contribution is 2.24. The quantitative estimate of drug-likeness (QED) is 0.732. The van der Waals surface area contributed by atoms with Crippen LogP contribution in [0.1, 0.15) is 29.8 Å². The lowest BCUT2D eigenvalue weighted by molar-refractivity contribution is 0.0526. The van der Waals surface area contributed by atoms with Gasteiger partial charge in [0.15, 0.2) is 0 Å². The van der Waals surface area contributed by atoms with E-state index in [0.717, 1.165) is 18.7 Å². The molecule has 0 aliphatic rings. The van der Waals surface area contributed by atoms with Crippen LogP contribution in [0.3, 0.4) is 0 Å². The molecule has 0 radical (unpaired) electrons. The number of hydrogen-bond donors (Lipinski definition) is 0. The van der Waals surface area contributed by atoms with E-state index in [2.05, 4.69) is 16.8 Å². The molecule has 1 aromatic heterocycles. The van der Waals surface area contributed by atoms with Gasteiger partial charge >= 0.3 is 5.97 Å². The molecule has 0 bridgehead atoms. The number of aromatic nitrogens is 1. The van der Waals surface area contributed by atoms with Gasteiger partial charge in [-0.3, -0.25) is 0 Å². The van der Waals surface area contributed by atoms with E-state index in [1.54, 1.807) is 37.4 Å². The minimum absolute atomic E-state index is 0.331. The lowest BCUT2D eigenvalue weighted by Gasteiger charge is -2.16. The van der Waals surface area contributed by atoms with Crippen molar-refractivity contribution in [3.63, 3.8) is 0 Å². The Morgan fingerprint density at radius 2 is 1.91 bits per heavy atom. The Morgan fingerprint density at radius 3 is 2.57 bits per heavy atom. The summed E-state index contributed by atoms with van der Waals surface area (Å²) in [5.41, 5.74) is 1.53. The second-order valence-corrected chi connectivity index (χ2v) is 5.14. The van der Waals surface area contributed by atoms with E-state index in [1.165, 1.54) is 0 Å². The zero-order chi connectivity index (χ0) is 16.7. The van der Waals surface area contributed by atoms with Crippen molar-refractivity contribution >= 4 is 5.97 Å². The molecule has 0 aliphatic heterocycles. The number of benzene rings is 1. The first-order valence-corrected chi connectivity index (χ1v) is 7.71. The van der Waals surface area contributed by atoms with Crippen LogP contribution in [0, 0.1) is 0 Å². The zero-order valence-corrected chi connectivity index (χ0v) is 13.8. The molecule has 0 spiro atoms. The number of pyridine rings is 1. The fourth-order valence-corrected chi connectivity index (χ4v) is 2.02. The molecule has 2 rings (SSSR count). The summed E-state index contributed by atoms with van der Waals surface area (Å²) < 4.78 is 10.8. The Kier molecular flexibility index (Phi) is 6.11. The topological polar surface area (TPSA) is 51.7 Å². The lowest BCUT2D eigenvalue weighted by Crippen LogP contribution is -2.17. The molecule has 1 heterocycles. The van der Waals surface area contributed by atoms with Crippen molar-refractivity contribution in [3.8, 4) is 11.6 Å². The molecule has 0 atom stereocenters. The largest absolute Gasteiger partial charge is 0.462 e. The molecular formula is C18H22N2O3. The van der Waals surface area contributed by atoms with Crippen molar-refractivity contribution in [2.24, 2.45) is 0 Å². The van der Waals surface area contributed by atoms with E-state index in [-0.39, 0.29) is 5.97 Å². The molecule has 0 saturated heterocycles. The normalized spacial score (nSPS) is 10.6. The molecule has 0 N–H and O–H groups in total. The van der Waals surface area contributed by atoms with Crippen LogP contribution >= 0.6 is 0 Å².